The van der Waals surface area contributed by atoms with Crippen molar-refractivity contribution in [3.8, 4) is 0 Å². The van der Waals surface area contributed by atoms with Crippen LogP contribution in [-0.2, 0) is 11.2 Å². The number of unbranched alkanes of at least 4 members (excludes halogenated alkanes) is 2. The highest BCUT2D eigenvalue weighted by atomic mass is 32.2. The molecule has 0 saturated carbocycles. The lowest BCUT2D eigenvalue weighted by Crippen LogP contribution is -2.42. The van der Waals surface area contributed by atoms with Crippen molar-refractivity contribution in [1.29, 1.82) is 0 Å². The summed E-state index contributed by atoms with van der Waals surface area (Å²) in [6.45, 7) is 4.90. The van der Waals surface area contributed by atoms with Gasteiger partial charge in [-0.05, 0) is 61.5 Å². The SMILES string of the molecule is CCc1cc(NC2=NC(=O)C3C(=N2)N=NN3CCCCCSC)ccc1C. The van der Waals surface area contributed by atoms with Crippen LogP contribution in [-0.4, -0.2) is 47.3 Å². The molecule has 1 amide bonds. The fourth-order valence-corrected chi connectivity index (χ4v) is 3.64. The Bertz CT molecular complexity index is 788. The Morgan fingerprint density at radius 2 is 2.07 bits per heavy atom. The van der Waals surface area contributed by atoms with E-state index in [9.17, 15) is 4.79 Å². The van der Waals surface area contributed by atoms with Crippen LogP contribution in [0.3, 0.4) is 0 Å². The van der Waals surface area contributed by atoms with E-state index in [1.165, 1.54) is 17.5 Å². The van der Waals surface area contributed by atoms with Crippen LogP contribution in [0.25, 0.3) is 0 Å². The molecule has 1 N–H and O–H groups in total. The molecular weight excluding hydrogens is 360 g/mol. The number of thioether (sulfide) groups is 1. The Morgan fingerprint density at radius 1 is 1.22 bits per heavy atom. The maximum atomic E-state index is 12.5. The van der Waals surface area contributed by atoms with Crippen molar-refractivity contribution in [3.63, 3.8) is 0 Å². The second-order valence-corrected chi connectivity index (χ2v) is 7.66. The summed E-state index contributed by atoms with van der Waals surface area (Å²) in [5.74, 6) is 1.59. The molecule has 2 aliphatic rings. The lowest BCUT2D eigenvalue weighted by molar-refractivity contribution is -0.120. The number of hydrogen-bond donors (Lipinski definition) is 1. The van der Waals surface area contributed by atoms with Gasteiger partial charge in [-0.1, -0.05) is 24.6 Å². The van der Waals surface area contributed by atoms with Gasteiger partial charge in [0, 0.05) is 12.2 Å². The van der Waals surface area contributed by atoms with Gasteiger partial charge in [-0.3, -0.25) is 9.80 Å². The Morgan fingerprint density at radius 3 is 2.85 bits per heavy atom. The summed E-state index contributed by atoms with van der Waals surface area (Å²) in [5.41, 5.74) is 3.36. The quantitative estimate of drug-likeness (QED) is 0.688. The van der Waals surface area contributed by atoms with Crippen LogP contribution in [0.4, 0.5) is 5.69 Å². The number of aryl methyl sites for hydroxylation is 2. The Hall–Kier alpha value is -2.22. The van der Waals surface area contributed by atoms with Gasteiger partial charge < -0.3 is 5.32 Å². The zero-order chi connectivity index (χ0) is 19.2. The molecule has 7 nitrogen and oxygen atoms in total. The van der Waals surface area contributed by atoms with E-state index in [-0.39, 0.29) is 11.9 Å². The fourth-order valence-electron chi connectivity index (χ4n) is 3.15. The molecule has 1 aromatic carbocycles. The first kappa shape index (κ1) is 19.5. The fraction of sp³-hybridized carbons (Fsp3) is 0.526. The Balaban J connectivity index is 1.62. The molecule has 0 aliphatic carbocycles. The number of carbonyl (C=O) groups is 1. The smallest absolute Gasteiger partial charge is 0.281 e. The number of carbonyl (C=O) groups excluding carboxylic acids is 1. The van der Waals surface area contributed by atoms with E-state index in [1.807, 2.05) is 17.8 Å². The predicted octanol–water partition coefficient (Wildman–Crippen LogP) is 3.85. The third kappa shape index (κ3) is 4.74. The van der Waals surface area contributed by atoms with Crippen LogP contribution in [0.1, 0.15) is 37.3 Å². The summed E-state index contributed by atoms with van der Waals surface area (Å²) < 4.78 is 0. The summed E-state index contributed by atoms with van der Waals surface area (Å²) in [7, 11) is 0. The van der Waals surface area contributed by atoms with Crippen molar-refractivity contribution in [2.24, 2.45) is 20.3 Å². The molecule has 1 aromatic rings. The maximum absolute atomic E-state index is 12.5. The third-order valence-electron chi connectivity index (χ3n) is 4.70. The molecule has 0 bridgehead atoms. The Kier molecular flexibility index (Phi) is 6.60. The monoisotopic (exact) mass is 386 g/mol. The van der Waals surface area contributed by atoms with Crippen molar-refractivity contribution in [1.82, 2.24) is 5.01 Å². The van der Waals surface area contributed by atoms with E-state index in [2.05, 4.69) is 57.9 Å². The van der Waals surface area contributed by atoms with Crippen LogP contribution in [0, 0.1) is 6.92 Å². The number of hydrogen-bond acceptors (Lipinski definition) is 7. The third-order valence-corrected chi connectivity index (χ3v) is 5.39. The van der Waals surface area contributed by atoms with Gasteiger partial charge in [-0.15, -0.1) is 5.11 Å². The number of anilines is 1. The normalized spacial score (nSPS) is 18.4. The van der Waals surface area contributed by atoms with Gasteiger partial charge in [0.2, 0.25) is 5.96 Å². The van der Waals surface area contributed by atoms with Gasteiger partial charge in [0.1, 0.15) is 0 Å². The molecule has 0 spiro atoms. The summed E-state index contributed by atoms with van der Waals surface area (Å²) in [6, 6.07) is 5.51. The highest BCUT2D eigenvalue weighted by molar-refractivity contribution is 7.98. The van der Waals surface area contributed by atoms with E-state index in [1.54, 1.807) is 5.01 Å². The van der Waals surface area contributed by atoms with Gasteiger partial charge in [0.05, 0.1) is 0 Å². The van der Waals surface area contributed by atoms with Gasteiger partial charge in [-0.2, -0.15) is 21.7 Å². The molecule has 0 fully saturated rings. The molecule has 8 heteroatoms. The largest absolute Gasteiger partial charge is 0.324 e. The number of rotatable bonds is 8. The zero-order valence-corrected chi connectivity index (χ0v) is 16.9. The standard InChI is InChI=1S/C19H26N6OS/c1-4-14-12-15(9-8-13(14)2)20-19-21-17-16(18(26)22-19)25(24-23-17)10-6-5-7-11-27-3/h8-9,12,16H,4-7,10-11H2,1-3H3,(H,20,22,26). The number of benzene rings is 1. The van der Waals surface area contributed by atoms with Gasteiger partial charge >= 0.3 is 0 Å². The van der Waals surface area contributed by atoms with Crippen molar-refractivity contribution >= 4 is 35.2 Å². The minimum absolute atomic E-state index is 0.264. The van der Waals surface area contributed by atoms with Gasteiger partial charge in [-0.25, -0.2) is 0 Å². The summed E-state index contributed by atoms with van der Waals surface area (Å²) in [4.78, 5) is 21.1. The van der Waals surface area contributed by atoms with E-state index in [0.29, 0.717) is 12.4 Å². The minimum atomic E-state index is -0.569. The lowest BCUT2D eigenvalue weighted by atomic mass is 10.1. The average Bonchev–Trinajstić information content (AvgIpc) is 3.06. The number of amidine groups is 1. The van der Waals surface area contributed by atoms with Crippen molar-refractivity contribution in [2.45, 2.75) is 45.6 Å². The van der Waals surface area contributed by atoms with Gasteiger partial charge in [0.25, 0.3) is 5.91 Å². The zero-order valence-electron chi connectivity index (χ0n) is 16.1. The van der Waals surface area contributed by atoms with Crippen LogP contribution < -0.4 is 5.32 Å². The van der Waals surface area contributed by atoms with Crippen LogP contribution >= 0.6 is 11.8 Å². The molecule has 2 aliphatic heterocycles. The molecule has 1 atom stereocenters. The number of fused-ring (bicyclic) bond motifs is 1. The number of amides is 1. The molecule has 1 unspecified atom stereocenters. The molecule has 0 saturated heterocycles. The summed E-state index contributed by atoms with van der Waals surface area (Å²) in [5, 5.41) is 13.1. The first-order chi connectivity index (χ1) is 13.1. The van der Waals surface area contributed by atoms with Crippen molar-refractivity contribution in [2.75, 3.05) is 23.9 Å². The summed E-state index contributed by atoms with van der Waals surface area (Å²) >= 11 is 1.85. The van der Waals surface area contributed by atoms with E-state index < -0.39 is 6.04 Å². The minimum Gasteiger partial charge on any atom is -0.324 e. The van der Waals surface area contributed by atoms with Crippen molar-refractivity contribution < 1.29 is 4.79 Å². The molecule has 2 heterocycles. The number of nitrogens with zero attached hydrogens (tertiary/aromatic N) is 5. The predicted molar refractivity (Wildman–Crippen MR) is 112 cm³/mol. The van der Waals surface area contributed by atoms with E-state index in [0.717, 1.165) is 30.7 Å². The maximum Gasteiger partial charge on any atom is 0.281 e. The van der Waals surface area contributed by atoms with Crippen LogP contribution in [0.2, 0.25) is 0 Å². The topological polar surface area (TPSA) is 81.8 Å². The second-order valence-electron chi connectivity index (χ2n) is 6.67. The van der Waals surface area contributed by atoms with Crippen LogP contribution in [0.15, 0.2) is 38.5 Å². The number of nitrogens with one attached hydrogen (secondary N) is 1. The molecule has 3 rings (SSSR count). The summed E-state index contributed by atoms with van der Waals surface area (Å²) in [6.07, 6.45) is 6.33. The molecule has 0 radical (unpaired) electrons. The Labute approximate surface area is 164 Å². The van der Waals surface area contributed by atoms with Crippen LogP contribution in [0.5, 0.6) is 0 Å². The lowest BCUT2D eigenvalue weighted by Gasteiger charge is -2.21. The first-order valence-corrected chi connectivity index (χ1v) is 10.8. The van der Waals surface area contributed by atoms with Gasteiger partial charge in [0.15, 0.2) is 11.9 Å². The number of guanidine groups is 1. The first-order valence-electron chi connectivity index (χ1n) is 9.37. The molecule has 0 aromatic heterocycles. The average molecular weight is 387 g/mol. The van der Waals surface area contributed by atoms with Crippen molar-refractivity contribution in [3.05, 3.63) is 29.3 Å². The highest BCUT2D eigenvalue weighted by Gasteiger charge is 2.38. The van der Waals surface area contributed by atoms with E-state index in [4.69, 9.17) is 0 Å². The number of aliphatic imine (C=N–C) groups is 2. The van der Waals surface area contributed by atoms with E-state index >= 15 is 0 Å². The molecule has 27 heavy (non-hydrogen) atoms. The highest BCUT2D eigenvalue weighted by Crippen LogP contribution is 2.21. The molecule has 144 valence electrons. The molecular formula is C19H26N6OS. The second kappa shape index (κ2) is 9.12.